The summed E-state index contributed by atoms with van der Waals surface area (Å²) in [5.74, 6) is -0.680. The summed E-state index contributed by atoms with van der Waals surface area (Å²) in [5, 5.41) is 24.1. The van der Waals surface area contributed by atoms with E-state index >= 15 is 0 Å². The quantitative estimate of drug-likeness (QED) is 0.331. The first-order valence-electron chi connectivity index (χ1n) is 7.99. The van der Waals surface area contributed by atoms with Crippen LogP contribution in [-0.2, 0) is 4.79 Å². The van der Waals surface area contributed by atoms with E-state index in [2.05, 4.69) is 20.8 Å². The van der Waals surface area contributed by atoms with Gasteiger partial charge in [0.15, 0.2) is 4.34 Å². The van der Waals surface area contributed by atoms with Crippen LogP contribution in [0.15, 0.2) is 52.9 Å². The van der Waals surface area contributed by atoms with E-state index in [0.29, 0.717) is 20.8 Å². The van der Waals surface area contributed by atoms with Gasteiger partial charge in [0.25, 0.3) is 5.69 Å². The Labute approximate surface area is 167 Å². The molecule has 2 N–H and O–H groups in total. The third-order valence-corrected chi connectivity index (χ3v) is 5.54. The predicted octanol–water partition coefficient (Wildman–Crippen LogP) is 4.45. The number of nitro benzene ring substituents is 1. The van der Waals surface area contributed by atoms with Crippen molar-refractivity contribution in [1.82, 2.24) is 10.2 Å². The monoisotopic (exact) mass is 419 g/mol. The van der Waals surface area contributed by atoms with E-state index in [9.17, 15) is 19.3 Å². The van der Waals surface area contributed by atoms with Crippen molar-refractivity contribution in [2.24, 2.45) is 0 Å². The Hall–Kier alpha value is -3.05. The number of aromatic nitrogens is 2. The molecule has 144 valence electrons. The van der Waals surface area contributed by atoms with Gasteiger partial charge >= 0.3 is 0 Å². The summed E-state index contributed by atoms with van der Waals surface area (Å²) < 4.78 is 14.2. The van der Waals surface area contributed by atoms with Crippen LogP contribution in [0, 0.1) is 15.9 Å². The lowest BCUT2D eigenvalue weighted by atomic mass is 10.3. The molecule has 1 unspecified atom stereocenters. The number of thioether (sulfide) groups is 1. The molecule has 0 saturated heterocycles. The second-order valence-electron chi connectivity index (χ2n) is 5.53. The maximum absolute atomic E-state index is 13.7. The average Bonchev–Trinajstić information content (AvgIpc) is 3.11. The average molecular weight is 419 g/mol. The van der Waals surface area contributed by atoms with E-state index in [4.69, 9.17) is 0 Å². The van der Waals surface area contributed by atoms with Crippen molar-refractivity contribution >= 4 is 51.2 Å². The zero-order valence-electron chi connectivity index (χ0n) is 14.5. The largest absolute Gasteiger partial charge is 0.328 e. The number of rotatable bonds is 7. The minimum atomic E-state index is -0.507. The molecule has 28 heavy (non-hydrogen) atoms. The number of nitrogens with zero attached hydrogens (tertiary/aromatic N) is 3. The van der Waals surface area contributed by atoms with Crippen LogP contribution in [0.25, 0.3) is 0 Å². The number of hydrogen-bond acceptors (Lipinski definition) is 8. The molecule has 3 aromatic rings. The molecular weight excluding hydrogens is 405 g/mol. The van der Waals surface area contributed by atoms with Gasteiger partial charge in [-0.25, -0.2) is 4.39 Å². The molecule has 1 atom stereocenters. The van der Waals surface area contributed by atoms with Crippen LogP contribution in [0.5, 0.6) is 0 Å². The summed E-state index contributed by atoms with van der Waals surface area (Å²) in [7, 11) is 0. The standard InChI is InChI=1S/C17H14FN5O3S2/c1-10(15(24)19-11-6-8-12(9-7-11)23(25)26)27-17-22-21-16(28-17)20-14-5-3-2-4-13(14)18/h2-10H,1H3,(H,19,24)(H,20,21). The zero-order chi connectivity index (χ0) is 20.1. The molecule has 0 radical (unpaired) electrons. The Morgan fingerprint density at radius 2 is 1.93 bits per heavy atom. The highest BCUT2D eigenvalue weighted by Crippen LogP contribution is 2.31. The topological polar surface area (TPSA) is 110 Å². The van der Waals surface area contributed by atoms with Crippen molar-refractivity contribution in [2.45, 2.75) is 16.5 Å². The molecule has 1 amide bonds. The van der Waals surface area contributed by atoms with Crippen molar-refractivity contribution in [3.63, 3.8) is 0 Å². The Morgan fingerprint density at radius 1 is 1.21 bits per heavy atom. The maximum atomic E-state index is 13.7. The van der Waals surface area contributed by atoms with Gasteiger partial charge in [0.05, 0.1) is 15.9 Å². The number of nitrogens with one attached hydrogen (secondary N) is 2. The van der Waals surface area contributed by atoms with Gasteiger partial charge in [0, 0.05) is 17.8 Å². The summed E-state index contributed by atoms with van der Waals surface area (Å²) >= 11 is 2.41. The van der Waals surface area contributed by atoms with Gasteiger partial charge in [-0.15, -0.1) is 10.2 Å². The molecule has 0 aliphatic heterocycles. The second kappa shape index (κ2) is 8.76. The molecule has 0 spiro atoms. The Balaban J connectivity index is 1.57. The maximum Gasteiger partial charge on any atom is 0.269 e. The lowest BCUT2D eigenvalue weighted by Gasteiger charge is -2.10. The van der Waals surface area contributed by atoms with Gasteiger partial charge < -0.3 is 10.6 Å². The summed E-state index contributed by atoms with van der Waals surface area (Å²) in [6.45, 7) is 1.71. The van der Waals surface area contributed by atoms with E-state index in [0.717, 1.165) is 0 Å². The fraction of sp³-hybridized carbons (Fsp3) is 0.118. The Bertz CT molecular complexity index is 996. The first-order valence-corrected chi connectivity index (χ1v) is 9.69. The summed E-state index contributed by atoms with van der Waals surface area (Å²) in [4.78, 5) is 22.5. The lowest BCUT2D eigenvalue weighted by Crippen LogP contribution is -2.22. The highest BCUT2D eigenvalue weighted by molar-refractivity contribution is 8.02. The SMILES string of the molecule is CC(Sc1nnc(Nc2ccccc2F)s1)C(=O)Nc1ccc([N+](=O)[O-])cc1. The number of carbonyl (C=O) groups is 1. The molecule has 0 aliphatic rings. The van der Waals surface area contributed by atoms with Crippen LogP contribution in [-0.4, -0.2) is 26.3 Å². The van der Waals surface area contributed by atoms with E-state index in [-0.39, 0.29) is 11.6 Å². The van der Waals surface area contributed by atoms with Crippen molar-refractivity contribution in [1.29, 1.82) is 0 Å². The number of benzene rings is 2. The smallest absolute Gasteiger partial charge is 0.269 e. The van der Waals surface area contributed by atoms with Crippen LogP contribution in [0.2, 0.25) is 0 Å². The van der Waals surface area contributed by atoms with Crippen LogP contribution in [0.4, 0.5) is 26.6 Å². The fourth-order valence-corrected chi connectivity index (χ4v) is 4.01. The van der Waals surface area contributed by atoms with Gasteiger partial charge in [0.1, 0.15) is 5.82 Å². The minimum absolute atomic E-state index is 0.0517. The number of amides is 1. The normalized spacial score (nSPS) is 11.6. The fourth-order valence-electron chi connectivity index (χ4n) is 2.10. The summed E-state index contributed by atoms with van der Waals surface area (Å²) in [6, 6.07) is 11.8. The number of para-hydroxylation sites is 1. The Kier molecular flexibility index (Phi) is 6.16. The van der Waals surface area contributed by atoms with Crippen LogP contribution in [0.1, 0.15) is 6.92 Å². The molecule has 0 aliphatic carbocycles. The molecule has 1 aromatic heterocycles. The molecule has 0 fully saturated rings. The number of hydrogen-bond donors (Lipinski definition) is 2. The van der Waals surface area contributed by atoms with Gasteiger partial charge in [-0.2, -0.15) is 0 Å². The van der Waals surface area contributed by atoms with Gasteiger partial charge in [-0.3, -0.25) is 14.9 Å². The number of anilines is 3. The van der Waals surface area contributed by atoms with E-state index in [1.165, 1.54) is 53.4 Å². The second-order valence-corrected chi connectivity index (χ2v) is 8.10. The third-order valence-electron chi connectivity index (χ3n) is 3.51. The number of nitro groups is 1. The van der Waals surface area contributed by atoms with Crippen LogP contribution in [0.3, 0.4) is 0 Å². The third kappa shape index (κ3) is 5.02. The first-order chi connectivity index (χ1) is 13.4. The Morgan fingerprint density at radius 3 is 2.61 bits per heavy atom. The molecule has 0 bridgehead atoms. The molecule has 1 heterocycles. The van der Waals surface area contributed by atoms with Crippen molar-refractivity contribution in [3.8, 4) is 0 Å². The molecule has 3 rings (SSSR count). The van der Waals surface area contributed by atoms with Crippen LogP contribution < -0.4 is 10.6 Å². The predicted molar refractivity (Wildman–Crippen MR) is 107 cm³/mol. The first kappa shape index (κ1) is 19.7. The van der Waals surface area contributed by atoms with Crippen molar-refractivity contribution < 1.29 is 14.1 Å². The van der Waals surface area contributed by atoms with E-state index in [1.807, 2.05) is 0 Å². The van der Waals surface area contributed by atoms with Crippen LogP contribution >= 0.6 is 23.1 Å². The molecule has 8 nitrogen and oxygen atoms in total. The zero-order valence-corrected chi connectivity index (χ0v) is 16.1. The van der Waals surface area contributed by atoms with Crippen molar-refractivity contribution in [2.75, 3.05) is 10.6 Å². The highest BCUT2D eigenvalue weighted by Gasteiger charge is 2.18. The van der Waals surface area contributed by atoms with Gasteiger partial charge in [0.2, 0.25) is 11.0 Å². The van der Waals surface area contributed by atoms with Gasteiger partial charge in [-0.1, -0.05) is 35.2 Å². The number of carbonyl (C=O) groups excluding carboxylic acids is 1. The molecule has 11 heteroatoms. The number of halogens is 1. The molecular formula is C17H14FN5O3S2. The number of non-ortho nitro benzene ring substituents is 1. The lowest BCUT2D eigenvalue weighted by molar-refractivity contribution is -0.384. The van der Waals surface area contributed by atoms with E-state index < -0.39 is 16.0 Å². The molecule has 2 aromatic carbocycles. The van der Waals surface area contributed by atoms with Gasteiger partial charge in [-0.05, 0) is 31.2 Å². The van der Waals surface area contributed by atoms with Crippen molar-refractivity contribution in [3.05, 3.63) is 64.5 Å². The van der Waals surface area contributed by atoms with E-state index in [1.54, 1.807) is 25.1 Å². The summed E-state index contributed by atoms with van der Waals surface area (Å²) in [6.07, 6.45) is 0. The minimum Gasteiger partial charge on any atom is -0.328 e. The summed E-state index contributed by atoms with van der Waals surface area (Å²) in [5.41, 5.74) is 0.700. The molecule has 0 saturated carbocycles. The highest BCUT2D eigenvalue weighted by atomic mass is 32.2.